The van der Waals surface area contributed by atoms with Crippen molar-refractivity contribution in [3.63, 3.8) is 0 Å². The monoisotopic (exact) mass is 273 g/mol. The number of hydrogen-bond donors (Lipinski definition) is 2. The lowest BCUT2D eigenvalue weighted by molar-refractivity contribution is -0.0260. The van der Waals surface area contributed by atoms with E-state index in [1.54, 1.807) is 0 Å². The summed E-state index contributed by atoms with van der Waals surface area (Å²) in [5.74, 6) is -0.956. The van der Waals surface area contributed by atoms with Crippen LogP contribution in [0.4, 0.5) is 4.39 Å². The number of nitrogens with one attached hydrogen (secondary N) is 1. The molecule has 1 aromatic carbocycles. The summed E-state index contributed by atoms with van der Waals surface area (Å²) in [5, 5.41) is 12.2. The molecule has 1 aliphatic rings. The summed E-state index contributed by atoms with van der Waals surface area (Å²) in [6.07, 6.45) is -0.180. The normalized spacial score (nSPS) is 23.7. The Balaban J connectivity index is 2.04. The fraction of sp³-hybridized carbons (Fsp3) is 0.417. The van der Waals surface area contributed by atoms with E-state index in [2.05, 4.69) is 5.32 Å². The standard InChI is InChI=1S/C12H13ClFNO3/c13-8-5-7(1-2-9(8)14)12(17)15-10-3-4-18-6-11(10)16/h1-2,5,10-11,16H,3-4,6H2,(H,15,17)/t10-,11-/m1/s1. The van der Waals surface area contributed by atoms with E-state index >= 15 is 0 Å². The van der Waals surface area contributed by atoms with Crippen LogP contribution in [0.5, 0.6) is 0 Å². The number of halogens is 2. The average Bonchev–Trinajstić information content (AvgIpc) is 2.35. The predicted molar refractivity (Wildman–Crippen MR) is 64.1 cm³/mol. The fourth-order valence-corrected chi connectivity index (χ4v) is 1.96. The molecule has 0 bridgehead atoms. The van der Waals surface area contributed by atoms with Gasteiger partial charge in [0, 0.05) is 12.2 Å². The van der Waals surface area contributed by atoms with Crippen molar-refractivity contribution in [3.8, 4) is 0 Å². The molecule has 2 rings (SSSR count). The largest absolute Gasteiger partial charge is 0.389 e. The number of carbonyl (C=O) groups excluding carboxylic acids is 1. The fourth-order valence-electron chi connectivity index (χ4n) is 1.78. The first-order chi connectivity index (χ1) is 8.58. The van der Waals surface area contributed by atoms with Gasteiger partial charge < -0.3 is 15.2 Å². The number of aliphatic hydroxyl groups is 1. The van der Waals surface area contributed by atoms with Gasteiger partial charge in [0.1, 0.15) is 5.82 Å². The number of carbonyl (C=O) groups is 1. The molecule has 0 aliphatic carbocycles. The van der Waals surface area contributed by atoms with Gasteiger partial charge in [-0.15, -0.1) is 0 Å². The Morgan fingerprint density at radius 2 is 2.33 bits per heavy atom. The maximum Gasteiger partial charge on any atom is 0.251 e. The van der Waals surface area contributed by atoms with Crippen molar-refractivity contribution in [2.45, 2.75) is 18.6 Å². The Kier molecular flexibility index (Phi) is 4.16. The molecule has 6 heteroatoms. The van der Waals surface area contributed by atoms with E-state index in [1.807, 2.05) is 0 Å². The second-order valence-electron chi connectivity index (χ2n) is 4.14. The first kappa shape index (κ1) is 13.3. The number of amides is 1. The highest BCUT2D eigenvalue weighted by molar-refractivity contribution is 6.31. The molecule has 0 aromatic heterocycles. The van der Waals surface area contributed by atoms with E-state index in [0.717, 1.165) is 6.07 Å². The third-order valence-electron chi connectivity index (χ3n) is 2.82. The second-order valence-corrected chi connectivity index (χ2v) is 4.55. The topological polar surface area (TPSA) is 58.6 Å². The Hall–Kier alpha value is -1.17. The van der Waals surface area contributed by atoms with Crippen molar-refractivity contribution < 1.29 is 19.0 Å². The first-order valence-electron chi connectivity index (χ1n) is 5.59. The molecule has 0 radical (unpaired) electrons. The van der Waals surface area contributed by atoms with Gasteiger partial charge in [-0.3, -0.25) is 4.79 Å². The van der Waals surface area contributed by atoms with Crippen LogP contribution in [-0.2, 0) is 4.74 Å². The third kappa shape index (κ3) is 2.98. The number of ether oxygens (including phenoxy) is 1. The molecule has 1 saturated heterocycles. The Morgan fingerprint density at radius 3 is 3.00 bits per heavy atom. The van der Waals surface area contributed by atoms with Crippen molar-refractivity contribution in [3.05, 3.63) is 34.6 Å². The SMILES string of the molecule is O=C(N[C@@H]1CCOC[C@H]1O)c1ccc(F)c(Cl)c1. The van der Waals surface area contributed by atoms with Crippen molar-refractivity contribution in [2.75, 3.05) is 13.2 Å². The van der Waals surface area contributed by atoms with Gasteiger partial charge in [-0.1, -0.05) is 11.6 Å². The van der Waals surface area contributed by atoms with Gasteiger partial charge in [-0.25, -0.2) is 4.39 Å². The van der Waals surface area contributed by atoms with Crippen molar-refractivity contribution >= 4 is 17.5 Å². The highest BCUT2D eigenvalue weighted by Crippen LogP contribution is 2.16. The van der Waals surface area contributed by atoms with E-state index in [0.29, 0.717) is 13.0 Å². The lowest BCUT2D eigenvalue weighted by Crippen LogP contribution is -2.48. The van der Waals surface area contributed by atoms with Gasteiger partial charge in [-0.2, -0.15) is 0 Å². The predicted octanol–water partition coefficient (Wildman–Crippen LogP) is 1.36. The van der Waals surface area contributed by atoms with Crippen LogP contribution in [0.2, 0.25) is 5.02 Å². The Morgan fingerprint density at radius 1 is 1.56 bits per heavy atom. The molecule has 2 N–H and O–H groups in total. The van der Waals surface area contributed by atoms with Gasteiger partial charge in [-0.05, 0) is 24.6 Å². The molecule has 18 heavy (non-hydrogen) atoms. The number of rotatable bonds is 2. The quantitative estimate of drug-likeness (QED) is 0.855. The summed E-state index contributed by atoms with van der Waals surface area (Å²) in [4.78, 5) is 11.9. The lowest BCUT2D eigenvalue weighted by atomic mass is 10.1. The van der Waals surface area contributed by atoms with Crippen LogP contribution in [0, 0.1) is 5.82 Å². The van der Waals surface area contributed by atoms with E-state index in [4.69, 9.17) is 16.3 Å². The molecule has 1 fully saturated rings. The molecule has 0 spiro atoms. The van der Waals surface area contributed by atoms with E-state index in [-0.39, 0.29) is 29.1 Å². The summed E-state index contributed by atoms with van der Waals surface area (Å²) in [7, 11) is 0. The van der Waals surface area contributed by atoms with Gasteiger partial charge in [0.05, 0.1) is 23.8 Å². The Labute approximate surface area is 109 Å². The van der Waals surface area contributed by atoms with Crippen molar-refractivity contribution in [1.29, 1.82) is 0 Å². The first-order valence-corrected chi connectivity index (χ1v) is 5.97. The van der Waals surface area contributed by atoms with Crippen LogP contribution >= 0.6 is 11.6 Å². The summed E-state index contributed by atoms with van der Waals surface area (Å²) >= 11 is 5.60. The van der Waals surface area contributed by atoms with E-state index in [1.165, 1.54) is 12.1 Å². The van der Waals surface area contributed by atoms with Gasteiger partial charge >= 0.3 is 0 Å². The maximum atomic E-state index is 13.0. The molecule has 98 valence electrons. The smallest absolute Gasteiger partial charge is 0.251 e. The minimum absolute atomic E-state index is 0.102. The zero-order valence-corrected chi connectivity index (χ0v) is 10.3. The highest BCUT2D eigenvalue weighted by Gasteiger charge is 2.25. The van der Waals surface area contributed by atoms with Crippen LogP contribution in [-0.4, -0.2) is 36.4 Å². The molecule has 1 heterocycles. The molecule has 2 atom stereocenters. The van der Waals surface area contributed by atoms with E-state index in [9.17, 15) is 14.3 Å². The van der Waals surface area contributed by atoms with Crippen molar-refractivity contribution in [1.82, 2.24) is 5.32 Å². The van der Waals surface area contributed by atoms with E-state index < -0.39 is 11.9 Å². The van der Waals surface area contributed by atoms with Crippen LogP contribution < -0.4 is 5.32 Å². The highest BCUT2D eigenvalue weighted by atomic mass is 35.5. The molecule has 4 nitrogen and oxygen atoms in total. The third-order valence-corrected chi connectivity index (χ3v) is 3.11. The zero-order valence-electron chi connectivity index (χ0n) is 9.53. The molecule has 0 saturated carbocycles. The second kappa shape index (κ2) is 5.65. The molecule has 0 unspecified atom stereocenters. The van der Waals surface area contributed by atoms with Gasteiger partial charge in [0.2, 0.25) is 0 Å². The van der Waals surface area contributed by atoms with Crippen LogP contribution in [0.1, 0.15) is 16.8 Å². The van der Waals surface area contributed by atoms with Crippen LogP contribution in [0.3, 0.4) is 0 Å². The number of benzene rings is 1. The molecular weight excluding hydrogens is 261 g/mol. The minimum atomic E-state index is -0.723. The molecule has 1 aliphatic heterocycles. The molecular formula is C12H13ClFNO3. The Bertz CT molecular complexity index is 455. The summed E-state index contributed by atoms with van der Waals surface area (Å²) in [6.45, 7) is 0.696. The van der Waals surface area contributed by atoms with Crippen LogP contribution in [0.15, 0.2) is 18.2 Å². The summed E-state index contributed by atoms with van der Waals surface area (Å²) in [6, 6.07) is 3.40. The number of aliphatic hydroxyl groups excluding tert-OH is 1. The zero-order chi connectivity index (χ0) is 13.1. The van der Waals surface area contributed by atoms with Crippen LogP contribution in [0.25, 0.3) is 0 Å². The van der Waals surface area contributed by atoms with Gasteiger partial charge in [0.25, 0.3) is 5.91 Å². The van der Waals surface area contributed by atoms with Crippen molar-refractivity contribution in [2.24, 2.45) is 0 Å². The average molecular weight is 274 g/mol. The summed E-state index contributed by atoms with van der Waals surface area (Å²) < 4.78 is 18.0. The minimum Gasteiger partial charge on any atom is -0.389 e. The van der Waals surface area contributed by atoms with Gasteiger partial charge in [0.15, 0.2) is 0 Å². The molecule has 1 aromatic rings. The lowest BCUT2D eigenvalue weighted by Gasteiger charge is -2.28. The molecule has 1 amide bonds. The number of hydrogen-bond acceptors (Lipinski definition) is 3. The maximum absolute atomic E-state index is 13.0. The summed E-state index contributed by atoms with van der Waals surface area (Å²) in [5.41, 5.74) is 0.264.